The highest BCUT2D eigenvalue weighted by Crippen LogP contribution is 2.27. The minimum Gasteiger partial charge on any atom is -0.406 e. The molecule has 4 heteroatoms. The molecule has 0 amide bonds. The predicted molar refractivity (Wildman–Crippen MR) is 73.3 cm³/mol. The SMILES string of the molecule is C=C(C)c1ccc(-c2ccc(OC(F)(F)F)cc2)cc1. The molecule has 2 aromatic rings. The van der Waals surface area contributed by atoms with Crippen molar-refractivity contribution in [3.8, 4) is 16.9 Å². The first-order valence-electron chi connectivity index (χ1n) is 5.97. The van der Waals surface area contributed by atoms with E-state index in [-0.39, 0.29) is 5.75 Å². The highest BCUT2D eigenvalue weighted by Gasteiger charge is 2.30. The molecule has 0 aliphatic heterocycles. The van der Waals surface area contributed by atoms with Crippen LogP contribution in [-0.4, -0.2) is 6.36 Å². The third kappa shape index (κ3) is 3.63. The molecule has 0 radical (unpaired) electrons. The maximum atomic E-state index is 12.1. The quantitative estimate of drug-likeness (QED) is 0.741. The maximum Gasteiger partial charge on any atom is 0.573 e. The van der Waals surface area contributed by atoms with Gasteiger partial charge in [0.15, 0.2) is 0 Å². The Kier molecular flexibility index (Phi) is 3.84. The lowest BCUT2D eigenvalue weighted by atomic mass is 10.0. The minimum atomic E-state index is -4.66. The fourth-order valence-corrected chi connectivity index (χ4v) is 1.80. The van der Waals surface area contributed by atoms with Crippen molar-refractivity contribution in [2.24, 2.45) is 0 Å². The summed E-state index contributed by atoms with van der Waals surface area (Å²) >= 11 is 0. The van der Waals surface area contributed by atoms with Crippen LogP contribution in [0.25, 0.3) is 16.7 Å². The lowest BCUT2D eigenvalue weighted by molar-refractivity contribution is -0.274. The van der Waals surface area contributed by atoms with Crippen molar-refractivity contribution in [3.05, 3.63) is 60.7 Å². The second kappa shape index (κ2) is 5.41. The van der Waals surface area contributed by atoms with Crippen LogP contribution in [0, 0.1) is 0 Å². The lowest BCUT2D eigenvalue weighted by Crippen LogP contribution is -2.16. The molecule has 104 valence electrons. The van der Waals surface area contributed by atoms with E-state index in [1.54, 1.807) is 12.1 Å². The van der Waals surface area contributed by atoms with Gasteiger partial charge in [-0.3, -0.25) is 0 Å². The summed E-state index contributed by atoms with van der Waals surface area (Å²) in [5.41, 5.74) is 3.75. The average molecular weight is 278 g/mol. The van der Waals surface area contributed by atoms with Crippen LogP contribution in [0.5, 0.6) is 5.75 Å². The van der Waals surface area contributed by atoms with E-state index in [9.17, 15) is 13.2 Å². The van der Waals surface area contributed by atoms with Crippen molar-refractivity contribution in [3.63, 3.8) is 0 Å². The molecule has 1 nitrogen and oxygen atoms in total. The standard InChI is InChI=1S/C16H13F3O/c1-11(2)12-3-5-13(6-4-12)14-7-9-15(10-8-14)20-16(17,18)19/h3-10H,1H2,2H3. The van der Waals surface area contributed by atoms with Crippen molar-refractivity contribution in [2.45, 2.75) is 13.3 Å². The molecule has 0 spiro atoms. The second-order valence-corrected chi connectivity index (χ2v) is 4.43. The molecule has 0 fully saturated rings. The van der Waals surface area contributed by atoms with Gasteiger partial charge in [-0.1, -0.05) is 48.6 Å². The molecular formula is C16H13F3O. The van der Waals surface area contributed by atoms with E-state index < -0.39 is 6.36 Å². The average Bonchev–Trinajstić information content (AvgIpc) is 2.38. The topological polar surface area (TPSA) is 9.23 Å². The van der Waals surface area contributed by atoms with Gasteiger partial charge in [0.05, 0.1) is 0 Å². The predicted octanol–water partition coefficient (Wildman–Crippen LogP) is 5.29. The molecule has 2 aromatic carbocycles. The van der Waals surface area contributed by atoms with E-state index in [2.05, 4.69) is 11.3 Å². The molecule has 0 bridgehead atoms. The number of allylic oxidation sites excluding steroid dienone is 1. The number of benzene rings is 2. The molecule has 0 unspecified atom stereocenters. The summed E-state index contributed by atoms with van der Waals surface area (Å²) < 4.78 is 40.0. The number of alkyl halides is 3. The lowest BCUT2D eigenvalue weighted by Gasteiger charge is -2.09. The van der Waals surface area contributed by atoms with Crippen LogP contribution in [0.2, 0.25) is 0 Å². The highest BCUT2D eigenvalue weighted by molar-refractivity contribution is 5.68. The van der Waals surface area contributed by atoms with E-state index in [0.29, 0.717) is 0 Å². The molecule has 0 atom stereocenters. The van der Waals surface area contributed by atoms with Gasteiger partial charge in [0.2, 0.25) is 0 Å². The zero-order chi connectivity index (χ0) is 14.8. The first-order chi connectivity index (χ1) is 9.35. The maximum absolute atomic E-state index is 12.1. The van der Waals surface area contributed by atoms with Crippen LogP contribution in [-0.2, 0) is 0 Å². The molecule has 20 heavy (non-hydrogen) atoms. The number of hydrogen-bond donors (Lipinski definition) is 0. The van der Waals surface area contributed by atoms with Gasteiger partial charge in [-0.05, 0) is 35.7 Å². The van der Waals surface area contributed by atoms with Crippen molar-refractivity contribution >= 4 is 5.57 Å². The summed E-state index contributed by atoms with van der Waals surface area (Å²) in [6.07, 6.45) is -4.66. The molecule has 0 aliphatic carbocycles. The third-order valence-corrected chi connectivity index (χ3v) is 2.80. The first kappa shape index (κ1) is 14.2. The smallest absolute Gasteiger partial charge is 0.406 e. The van der Waals surface area contributed by atoms with Gasteiger partial charge in [-0.25, -0.2) is 0 Å². The summed E-state index contributed by atoms with van der Waals surface area (Å²) in [5.74, 6) is -0.222. The Morgan fingerprint density at radius 2 is 1.35 bits per heavy atom. The molecule has 0 saturated heterocycles. The molecule has 0 saturated carbocycles. The molecule has 0 aliphatic rings. The van der Waals surface area contributed by atoms with E-state index in [4.69, 9.17) is 0 Å². The van der Waals surface area contributed by atoms with Crippen LogP contribution in [0.15, 0.2) is 55.1 Å². The van der Waals surface area contributed by atoms with Gasteiger partial charge in [-0.15, -0.1) is 13.2 Å². The van der Waals surface area contributed by atoms with Crippen molar-refractivity contribution < 1.29 is 17.9 Å². The first-order valence-corrected chi connectivity index (χ1v) is 5.97. The molecule has 2 rings (SSSR count). The van der Waals surface area contributed by atoms with Gasteiger partial charge in [0.1, 0.15) is 5.75 Å². The van der Waals surface area contributed by atoms with Crippen LogP contribution in [0.3, 0.4) is 0 Å². The summed E-state index contributed by atoms with van der Waals surface area (Å²) in [6.45, 7) is 5.77. The zero-order valence-corrected chi connectivity index (χ0v) is 10.9. The van der Waals surface area contributed by atoms with E-state index in [0.717, 1.165) is 22.3 Å². The second-order valence-electron chi connectivity index (χ2n) is 4.43. The van der Waals surface area contributed by atoms with Crippen LogP contribution in [0.4, 0.5) is 13.2 Å². The Morgan fingerprint density at radius 1 is 0.900 bits per heavy atom. The van der Waals surface area contributed by atoms with Crippen molar-refractivity contribution in [1.82, 2.24) is 0 Å². The van der Waals surface area contributed by atoms with Gasteiger partial charge in [0.25, 0.3) is 0 Å². The number of hydrogen-bond acceptors (Lipinski definition) is 1. The zero-order valence-electron chi connectivity index (χ0n) is 10.9. The monoisotopic (exact) mass is 278 g/mol. The fourth-order valence-electron chi connectivity index (χ4n) is 1.80. The molecule has 0 N–H and O–H groups in total. The summed E-state index contributed by atoms with van der Waals surface area (Å²) in [5, 5.41) is 0. The Balaban J connectivity index is 2.19. The van der Waals surface area contributed by atoms with E-state index in [1.165, 1.54) is 12.1 Å². The molecule has 0 aromatic heterocycles. The van der Waals surface area contributed by atoms with Crippen LogP contribution in [0.1, 0.15) is 12.5 Å². The van der Waals surface area contributed by atoms with Crippen molar-refractivity contribution in [2.75, 3.05) is 0 Å². The highest BCUT2D eigenvalue weighted by atomic mass is 19.4. The van der Waals surface area contributed by atoms with Crippen LogP contribution >= 0.6 is 0 Å². The Bertz CT molecular complexity index is 595. The van der Waals surface area contributed by atoms with Gasteiger partial charge < -0.3 is 4.74 Å². The Morgan fingerprint density at radius 3 is 1.75 bits per heavy atom. The Labute approximate surface area is 115 Å². The molecule has 0 heterocycles. The van der Waals surface area contributed by atoms with Crippen molar-refractivity contribution in [1.29, 1.82) is 0 Å². The summed E-state index contributed by atoms with van der Waals surface area (Å²) in [4.78, 5) is 0. The summed E-state index contributed by atoms with van der Waals surface area (Å²) in [7, 11) is 0. The number of rotatable bonds is 3. The third-order valence-electron chi connectivity index (χ3n) is 2.80. The van der Waals surface area contributed by atoms with E-state index >= 15 is 0 Å². The fraction of sp³-hybridized carbons (Fsp3) is 0.125. The Hall–Kier alpha value is -2.23. The van der Waals surface area contributed by atoms with Gasteiger partial charge in [0, 0.05) is 0 Å². The minimum absolute atomic E-state index is 0.222. The van der Waals surface area contributed by atoms with Gasteiger partial charge in [-0.2, -0.15) is 0 Å². The summed E-state index contributed by atoms with van der Waals surface area (Å²) in [6, 6.07) is 13.5. The normalized spacial score (nSPS) is 11.2. The van der Waals surface area contributed by atoms with Crippen LogP contribution < -0.4 is 4.74 Å². The molecular weight excluding hydrogens is 265 g/mol. The van der Waals surface area contributed by atoms with E-state index in [1.807, 2.05) is 31.2 Å². The largest absolute Gasteiger partial charge is 0.573 e. The number of halogens is 3. The van der Waals surface area contributed by atoms with Gasteiger partial charge >= 0.3 is 6.36 Å². The number of ether oxygens (including phenoxy) is 1.